The van der Waals surface area contributed by atoms with Gasteiger partial charge in [0, 0.05) is 7.05 Å². The van der Waals surface area contributed by atoms with Gasteiger partial charge in [0.05, 0.1) is 17.4 Å². The van der Waals surface area contributed by atoms with Crippen LogP contribution in [-0.4, -0.2) is 22.6 Å². The summed E-state index contributed by atoms with van der Waals surface area (Å²) in [7, 11) is 2.08. The highest BCUT2D eigenvalue weighted by Gasteiger charge is 2.15. The molecule has 0 bridgehead atoms. The third-order valence-corrected chi connectivity index (χ3v) is 3.73. The molecule has 3 heteroatoms. The number of rotatable bonds is 2. The van der Waals surface area contributed by atoms with E-state index in [2.05, 4.69) is 40.1 Å². The first-order chi connectivity index (χ1) is 8.34. The first kappa shape index (κ1) is 10.8. The lowest BCUT2D eigenvalue weighted by molar-refractivity contribution is 0.376. The molecule has 2 aromatic rings. The van der Waals surface area contributed by atoms with Crippen molar-refractivity contribution in [1.29, 1.82) is 0 Å². The van der Waals surface area contributed by atoms with Crippen LogP contribution in [0.5, 0.6) is 0 Å². The summed E-state index contributed by atoms with van der Waals surface area (Å²) in [6.45, 7) is 2.35. The Morgan fingerprint density at radius 3 is 3.24 bits per heavy atom. The SMILES string of the molecule is Cn1cnc2cccc(CC3CCCNC3)c21. The van der Waals surface area contributed by atoms with Crippen LogP contribution in [0, 0.1) is 5.92 Å². The van der Waals surface area contributed by atoms with E-state index in [-0.39, 0.29) is 0 Å². The van der Waals surface area contributed by atoms with E-state index in [4.69, 9.17) is 0 Å². The van der Waals surface area contributed by atoms with Crippen molar-refractivity contribution in [3.05, 3.63) is 30.1 Å². The number of aryl methyl sites for hydroxylation is 1. The van der Waals surface area contributed by atoms with E-state index in [1.165, 1.54) is 36.9 Å². The van der Waals surface area contributed by atoms with Crippen LogP contribution in [0.25, 0.3) is 11.0 Å². The molecule has 0 radical (unpaired) electrons. The molecule has 90 valence electrons. The number of para-hydroxylation sites is 1. The topological polar surface area (TPSA) is 29.9 Å². The van der Waals surface area contributed by atoms with Crippen molar-refractivity contribution in [2.24, 2.45) is 13.0 Å². The summed E-state index contributed by atoms with van der Waals surface area (Å²) in [6.07, 6.45) is 5.74. The minimum atomic E-state index is 0.782. The molecular formula is C14H19N3. The van der Waals surface area contributed by atoms with E-state index >= 15 is 0 Å². The first-order valence-corrected chi connectivity index (χ1v) is 6.44. The highest BCUT2D eigenvalue weighted by Crippen LogP contribution is 2.22. The van der Waals surface area contributed by atoms with Gasteiger partial charge >= 0.3 is 0 Å². The molecule has 1 aliphatic rings. The number of benzene rings is 1. The maximum absolute atomic E-state index is 4.42. The van der Waals surface area contributed by atoms with Crippen LogP contribution >= 0.6 is 0 Å². The van der Waals surface area contributed by atoms with E-state index in [9.17, 15) is 0 Å². The Balaban J connectivity index is 1.91. The molecule has 0 amide bonds. The molecule has 1 aliphatic heterocycles. The van der Waals surface area contributed by atoms with Crippen LogP contribution in [0.3, 0.4) is 0 Å². The van der Waals surface area contributed by atoms with Crippen molar-refractivity contribution in [2.45, 2.75) is 19.3 Å². The third kappa shape index (κ3) is 2.07. The molecule has 1 aromatic carbocycles. The molecule has 1 aromatic heterocycles. The molecule has 3 nitrogen and oxygen atoms in total. The molecule has 0 aliphatic carbocycles. The Labute approximate surface area is 102 Å². The Kier molecular flexibility index (Phi) is 2.85. The largest absolute Gasteiger partial charge is 0.334 e. The summed E-state index contributed by atoms with van der Waals surface area (Å²) in [5, 5.41) is 3.49. The van der Waals surface area contributed by atoms with E-state index < -0.39 is 0 Å². The summed E-state index contributed by atoms with van der Waals surface area (Å²) < 4.78 is 2.14. The molecule has 0 spiro atoms. The monoisotopic (exact) mass is 229 g/mol. The van der Waals surface area contributed by atoms with Crippen molar-refractivity contribution < 1.29 is 0 Å². The van der Waals surface area contributed by atoms with Crippen LogP contribution < -0.4 is 5.32 Å². The van der Waals surface area contributed by atoms with Gasteiger partial charge in [-0.2, -0.15) is 0 Å². The Morgan fingerprint density at radius 2 is 2.41 bits per heavy atom. The normalized spacial score (nSPS) is 20.9. The molecule has 0 saturated carbocycles. The van der Waals surface area contributed by atoms with Gasteiger partial charge in [0.15, 0.2) is 0 Å². The Bertz CT molecular complexity index is 509. The van der Waals surface area contributed by atoms with Gasteiger partial charge in [0.25, 0.3) is 0 Å². The molecule has 1 N–H and O–H groups in total. The summed E-state index contributed by atoms with van der Waals surface area (Å²) in [4.78, 5) is 4.42. The van der Waals surface area contributed by atoms with E-state index in [0.29, 0.717) is 0 Å². The van der Waals surface area contributed by atoms with Gasteiger partial charge in [-0.25, -0.2) is 4.98 Å². The molecule has 2 heterocycles. The van der Waals surface area contributed by atoms with Gasteiger partial charge in [0.1, 0.15) is 0 Å². The second-order valence-corrected chi connectivity index (χ2v) is 5.06. The number of nitrogens with zero attached hydrogens (tertiary/aromatic N) is 2. The summed E-state index contributed by atoms with van der Waals surface area (Å²) in [5.41, 5.74) is 3.86. The van der Waals surface area contributed by atoms with Gasteiger partial charge in [-0.1, -0.05) is 12.1 Å². The van der Waals surface area contributed by atoms with Crippen molar-refractivity contribution >= 4 is 11.0 Å². The molecular weight excluding hydrogens is 210 g/mol. The minimum Gasteiger partial charge on any atom is -0.334 e. The molecule has 1 saturated heterocycles. The maximum atomic E-state index is 4.42. The summed E-state index contributed by atoms with van der Waals surface area (Å²) in [6, 6.07) is 6.47. The average molecular weight is 229 g/mol. The molecule has 3 rings (SSSR count). The number of fused-ring (bicyclic) bond motifs is 1. The highest BCUT2D eigenvalue weighted by molar-refractivity contribution is 5.79. The Morgan fingerprint density at radius 1 is 1.47 bits per heavy atom. The van der Waals surface area contributed by atoms with Gasteiger partial charge in [-0.15, -0.1) is 0 Å². The van der Waals surface area contributed by atoms with E-state index in [0.717, 1.165) is 18.0 Å². The predicted octanol–water partition coefficient (Wildman–Crippen LogP) is 2.12. The minimum absolute atomic E-state index is 0.782. The molecule has 1 unspecified atom stereocenters. The van der Waals surface area contributed by atoms with Gasteiger partial charge in [-0.05, 0) is 49.9 Å². The standard InChI is InChI=1S/C14H19N3/c1-17-10-16-13-6-2-5-12(14(13)17)8-11-4-3-7-15-9-11/h2,5-6,10-11,15H,3-4,7-9H2,1H3. The lowest BCUT2D eigenvalue weighted by Gasteiger charge is -2.23. The third-order valence-electron chi connectivity index (χ3n) is 3.73. The van der Waals surface area contributed by atoms with Gasteiger partial charge < -0.3 is 9.88 Å². The molecule has 17 heavy (non-hydrogen) atoms. The number of nitrogens with one attached hydrogen (secondary N) is 1. The average Bonchev–Trinajstić information content (AvgIpc) is 2.74. The fraction of sp³-hybridized carbons (Fsp3) is 0.500. The van der Waals surface area contributed by atoms with Crippen LogP contribution in [0.2, 0.25) is 0 Å². The van der Waals surface area contributed by atoms with Crippen LogP contribution in [-0.2, 0) is 13.5 Å². The fourth-order valence-corrected chi connectivity index (χ4v) is 2.87. The summed E-state index contributed by atoms with van der Waals surface area (Å²) in [5.74, 6) is 0.782. The number of aromatic nitrogens is 2. The Hall–Kier alpha value is -1.35. The number of hydrogen-bond donors (Lipinski definition) is 1. The second kappa shape index (κ2) is 4.49. The van der Waals surface area contributed by atoms with Crippen LogP contribution in [0.15, 0.2) is 24.5 Å². The zero-order valence-corrected chi connectivity index (χ0v) is 10.3. The fourth-order valence-electron chi connectivity index (χ4n) is 2.87. The zero-order valence-electron chi connectivity index (χ0n) is 10.3. The van der Waals surface area contributed by atoms with Crippen molar-refractivity contribution in [1.82, 2.24) is 14.9 Å². The molecule has 1 fully saturated rings. The smallest absolute Gasteiger partial charge is 0.0955 e. The lowest BCUT2D eigenvalue weighted by Crippen LogP contribution is -2.30. The highest BCUT2D eigenvalue weighted by atomic mass is 15.0. The second-order valence-electron chi connectivity index (χ2n) is 5.06. The van der Waals surface area contributed by atoms with Gasteiger partial charge in [0.2, 0.25) is 0 Å². The number of hydrogen-bond acceptors (Lipinski definition) is 2. The maximum Gasteiger partial charge on any atom is 0.0955 e. The van der Waals surface area contributed by atoms with Crippen molar-refractivity contribution in [2.75, 3.05) is 13.1 Å². The first-order valence-electron chi connectivity index (χ1n) is 6.44. The molecule has 1 atom stereocenters. The van der Waals surface area contributed by atoms with Gasteiger partial charge in [-0.3, -0.25) is 0 Å². The number of piperidine rings is 1. The summed E-state index contributed by atoms with van der Waals surface area (Å²) >= 11 is 0. The lowest BCUT2D eigenvalue weighted by atomic mass is 9.92. The van der Waals surface area contributed by atoms with E-state index in [1.54, 1.807) is 0 Å². The van der Waals surface area contributed by atoms with Crippen LogP contribution in [0.1, 0.15) is 18.4 Å². The number of imidazole rings is 1. The van der Waals surface area contributed by atoms with Crippen molar-refractivity contribution in [3.63, 3.8) is 0 Å². The van der Waals surface area contributed by atoms with E-state index in [1.807, 2.05) is 6.33 Å². The predicted molar refractivity (Wildman–Crippen MR) is 70.0 cm³/mol. The van der Waals surface area contributed by atoms with Crippen LogP contribution in [0.4, 0.5) is 0 Å². The zero-order chi connectivity index (χ0) is 11.7. The quantitative estimate of drug-likeness (QED) is 0.855. The van der Waals surface area contributed by atoms with Crippen molar-refractivity contribution in [3.8, 4) is 0 Å².